The van der Waals surface area contributed by atoms with Crippen LogP contribution in [0.1, 0.15) is 17.5 Å². The number of amides is 2. The van der Waals surface area contributed by atoms with E-state index >= 15 is 0 Å². The molecule has 2 atom stereocenters. The minimum Gasteiger partial charge on any atom is -0.394 e. The molecular weight excluding hydrogens is 340 g/mol. The Morgan fingerprint density at radius 1 is 1.07 bits per heavy atom. The van der Waals surface area contributed by atoms with Crippen LogP contribution in [0.25, 0.3) is 0 Å². The van der Waals surface area contributed by atoms with Gasteiger partial charge >= 0.3 is 0 Å². The van der Waals surface area contributed by atoms with Crippen molar-refractivity contribution in [3.63, 3.8) is 0 Å². The van der Waals surface area contributed by atoms with Gasteiger partial charge < -0.3 is 15.3 Å². The summed E-state index contributed by atoms with van der Waals surface area (Å²) in [6.45, 7) is 0.945. The third-order valence-corrected chi connectivity index (χ3v) is 4.99. The van der Waals surface area contributed by atoms with E-state index in [1.54, 1.807) is 4.90 Å². The van der Waals surface area contributed by atoms with Crippen LogP contribution in [0.5, 0.6) is 0 Å². The van der Waals surface area contributed by atoms with Crippen LogP contribution < -0.4 is 5.32 Å². The van der Waals surface area contributed by atoms with Gasteiger partial charge in [0.05, 0.1) is 18.6 Å². The molecule has 0 bridgehead atoms. The lowest BCUT2D eigenvalue weighted by molar-refractivity contribution is -0.129. The van der Waals surface area contributed by atoms with Crippen LogP contribution in [0.3, 0.4) is 0 Å². The molecule has 5 nitrogen and oxygen atoms in total. The zero-order chi connectivity index (χ0) is 19.1. The lowest BCUT2D eigenvalue weighted by Crippen LogP contribution is -2.43. The first-order valence-corrected chi connectivity index (χ1v) is 9.42. The third-order valence-electron chi connectivity index (χ3n) is 4.99. The summed E-state index contributed by atoms with van der Waals surface area (Å²) in [6.07, 6.45) is 1.60. The van der Waals surface area contributed by atoms with E-state index in [0.29, 0.717) is 19.5 Å². The summed E-state index contributed by atoms with van der Waals surface area (Å²) in [5.74, 6) is -0.478. The van der Waals surface area contributed by atoms with Crippen LogP contribution in [-0.4, -0.2) is 47.6 Å². The maximum atomic E-state index is 12.6. The highest BCUT2D eigenvalue weighted by Crippen LogP contribution is 2.19. The van der Waals surface area contributed by atoms with E-state index in [1.807, 2.05) is 60.7 Å². The van der Waals surface area contributed by atoms with Crippen molar-refractivity contribution in [3.8, 4) is 0 Å². The summed E-state index contributed by atoms with van der Waals surface area (Å²) in [5.41, 5.74) is 2.24. The van der Waals surface area contributed by atoms with E-state index in [4.69, 9.17) is 0 Å². The summed E-state index contributed by atoms with van der Waals surface area (Å²) in [4.78, 5) is 26.6. The molecule has 0 aromatic heterocycles. The van der Waals surface area contributed by atoms with Gasteiger partial charge in [0.25, 0.3) is 0 Å². The van der Waals surface area contributed by atoms with Gasteiger partial charge in [-0.15, -0.1) is 0 Å². The van der Waals surface area contributed by atoms with Gasteiger partial charge in [-0.1, -0.05) is 60.7 Å². The first kappa shape index (κ1) is 19.1. The molecule has 2 amide bonds. The average molecular weight is 366 g/mol. The predicted molar refractivity (Wildman–Crippen MR) is 104 cm³/mol. The predicted octanol–water partition coefficient (Wildman–Crippen LogP) is 1.80. The molecular formula is C22H26N2O3. The number of carbonyl (C=O) groups is 2. The number of hydrogen-bond acceptors (Lipinski definition) is 3. The molecule has 142 valence electrons. The fourth-order valence-corrected chi connectivity index (χ4v) is 3.45. The quantitative estimate of drug-likeness (QED) is 0.748. The Labute approximate surface area is 160 Å². The Balaban J connectivity index is 1.50. The summed E-state index contributed by atoms with van der Waals surface area (Å²) >= 11 is 0. The van der Waals surface area contributed by atoms with Crippen molar-refractivity contribution in [2.75, 3.05) is 19.7 Å². The molecule has 27 heavy (non-hydrogen) atoms. The minimum atomic E-state index is -0.349. The Kier molecular flexibility index (Phi) is 6.60. The third kappa shape index (κ3) is 5.41. The van der Waals surface area contributed by atoms with E-state index in [0.717, 1.165) is 12.0 Å². The number of hydrogen-bond donors (Lipinski definition) is 2. The summed E-state index contributed by atoms with van der Waals surface area (Å²) in [7, 11) is 0. The lowest BCUT2D eigenvalue weighted by Gasteiger charge is -2.20. The standard InChI is InChI=1S/C22H26N2O3/c25-16-20(13-18-9-5-2-6-10-18)23-22(27)19-14-21(26)24(15-19)12-11-17-7-3-1-4-8-17/h1-10,19-20,25H,11-16H2,(H,23,27)/t19-,20-/m0/s1. The van der Waals surface area contributed by atoms with Crippen LogP contribution in [0.15, 0.2) is 60.7 Å². The fraction of sp³-hybridized carbons (Fsp3) is 0.364. The van der Waals surface area contributed by atoms with Gasteiger partial charge in [-0.3, -0.25) is 9.59 Å². The van der Waals surface area contributed by atoms with Crippen molar-refractivity contribution in [2.24, 2.45) is 5.92 Å². The second kappa shape index (κ2) is 9.33. The van der Waals surface area contributed by atoms with Gasteiger partial charge in [0.1, 0.15) is 0 Å². The van der Waals surface area contributed by atoms with E-state index in [1.165, 1.54) is 5.56 Å². The van der Waals surface area contributed by atoms with Crippen molar-refractivity contribution < 1.29 is 14.7 Å². The number of benzene rings is 2. The molecule has 2 aromatic rings. The van der Waals surface area contributed by atoms with Crippen molar-refractivity contribution >= 4 is 11.8 Å². The highest BCUT2D eigenvalue weighted by Gasteiger charge is 2.34. The molecule has 1 aliphatic rings. The normalized spacial score (nSPS) is 17.7. The summed E-state index contributed by atoms with van der Waals surface area (Å²) in [6, 6.07) is 19.4. The van der Waals surface area contributed by atoms with E-state index in [-0.39, 0.29) is 36.8 Å². The van der Waals surface area contributed by atoms with Gasteiger partial charge in [0.2, 0.25) is 11.8 Å². The second-order valence-corrected chi connectivity index (χ2v) is 7.05. The summed E-state index contributed by atoms with van der Waals surface area (Å²) < 4.78 is 0. The Hall–Kier alpha value is -2.66. The van der Waals surface area contributed by atoms with Crippen molar-refractivity contribution in [1.82, 2.24) is 10.2 Å². The number of nitrogens with one attached hydrogen (secondary N) is 1. The number of rotatable bonds is 8. The smallest absolute Gasteiger partial charge is 0.225 e. The molecule has 1 saturated heterocycles. The fourth-order valence-electron chi connectivity index (χ4n) is 3.45. The maximum absolute atomic E-state index is 12.6. The Morgan fingerprint density at radius 2 is 1.70 bits per heavy atom. The van der Waals surface area contributed by atoms with Gasteiger partial charge in [0.15, 0.2) is 0 Å². The second-order valence-electron chi connectivity index (χ2n) is 7.05. The summed E-state index contributed by atoms with van der Waals surface area (Å²) in [5, 5.41) is 12.5. The Bertz CT molecular complexity index is 749. The largest absolute Gasteiger partial charge is 0.394 e. The van der Waals surface area contributed by atoms with Crippen LogP contribution in [0, 0.1) is 5.92 Å². The van der Waals surface area contributed by atoms with Gasteiger partial charge in [-0.05, 0) is 24.0 Å². The first-order chi connectivity index (χ1) is 13.2. The van der Waals surface area contributed by atoms with E-state index in [2.05, 4.69) is 5.32 Å². The lowest BCUT2D eigenvalue weighted by atomic mass is 10.0. The van der Waals surface area contributed by atoms with Gasteiger partial charge in [-0.25, -0.2) is 0 Å². The molecule has 0 unspecified atom stereocenters. The number of aliphatic hydroxyl groups excluding tert-OH is 1. The molecule has 1 aliphatic heterocycles. The molecule has 1 fully saturated rings. The number of aliphatic hydroxyl groups is 1. The molecule has 2 N–H and O–H groups in total. The van der Waals surface area contributed by atoms with E-state index < -0.39 is 0 Å². The van der Waals surface area contributed by atoms with Crippen molar-refractivity contribution in [3.05, 3.63) is 71.8 Å². The zero-order valence-corrected chi connectivity index (χ0v) is 15.4. The minimum absolute atomic E-state index is 0.0229. The monoisotopic (exact) mass is 366 g/mol. The topological polar surface area (TPSA) is 69.6 Å². The molecule has 0 radical (unpaired) electrons. The number of likely N-dealkylation sites (tertiary alicyclic amines) is 1. The number of nitrogens with zero attached hydrogens (tertiary/aromatic N) is 1. The van der Waals surface area contributed by atoms with Crippen LogP contribution >= 0.6 is 0 Å². The Morgan fingerprint density at radius 3 is 2.33 bits per heavy atom. The molecule has 0 aliphatic carbocycles. The van der Waals surface area contributed by atoms with Crippen molar-refractivity contribution in [1.29, 1.82) is 0 Å². The molecule has 0 spiro atoms. The van der Waals surface area contributed by atoms with Crippen LogP contribution in [0.2, 0.25) is 0 Å². The van der Waals surface area contributed by atoms with E-state index in [9.17, 15) is 14.7 Å². The van der Waals surface area contributed by atoms with Crippen LogP contribution in [0.4, 0.5) is 0 Å². The number of carbonyl (C=O) groups excluding carboxylic acids is 2. The van der Waals surface area contributed by atoms with Gasteiger partial charge in [-0.2, -0.15) is 0 Å². The SMILES string of the molecule is O=C(N[C@H](CO)Cc1ccccc1)[C@H]1CC(=O)N(CCc2ccccc2)C1. The zero-order valence-electron chi connectivity index (χ0n) is 15.4. The molecule has 0 saturated carbocycles. The molecule has 3 rings (SSSR count). The molecule has 1 heterocycles. The maximum Gasteiger partial charge on any atom is 0.225 e. The molecule has 2 aromatic carbocycles. The van der Waals surface area contributed by atoms with Gasteiger partial charge in [0, 0.05) is 19.5 Å². The molecule has 5 heteroatoms. The van der Waals surface area contributed by atoms with Crippen LogP contribution in [-0.2, 0) is 22.4 Å². The first-order valence-electron chi connectivity index (χ1n) is 9.42. The average Bonchev–Trinajstić information content (AvgIpc) is 3.08. The highest BCUT2D eigenvalue weighted by atomic mass is 16.3. The highest BCUT2D eigenvalue weighted by molar-refractivity contribution is 5.89. The van der Waals surface area contributed by atoms with Crippen molar-refractivity contribution in [2.45, 2.75) is 25.3 Å².